The minimum atomic E-state index is -0.0353. The summed E-state index contributed by atoms with van der Waals surface area (Å²) in [6, 6.07) is 9.67. The number of ether oxygens (including phenoxy) is 1. The number of hydrogen-bond acceptors (Lipinski definition) is 4. The van der Waals surface area contributed by atoms with Crippen molar-refractivity contribution in [1.82, 2.24) is 10.3 Å². The molecule has 0 fully saturated rings. The van der Waals surface area contributed by atoms with Gasteiger partial charge < -0.3 is 15.2 Å². The van der Waals surface area contributed by atoms with Gasteiger partial charge in [-0.15, -0.1) is 0 Å². The number of pyridine rings is 1. The van der Waals surface area contributed by atoms with Crippen LogP contribution in [0.4, 0.5) is 0 Å². The van der Waals surface area contributed by atoms with Crippen molar-refractivity contribution in [1.29, 1.82) is 0 Å². The van der Waals surface area contributed by atoms with Crippen LogP contribution >= 0.6 is 0 Å². The molecule has 0 spiro atoms. The Morgan fingerprint density at radius 1 is 1.32 bits per heavy atom. The smallest absolute Gasteiger partial charge is 0.128 e. The molecule has 0 saturated carbocycles. The third-order valence-electron chi connectivity index (χ3n) is 2.95. The predicted molar refractivity (Wildman–Crippen MR) is 76.4 cm³/mol. The summed E-state index contributed by atoms with van der Waals surface area (Å²) in [5.74, 6) is 0.808. The maximum Gasteiger partial charge on any atom is 0.128 e. The Balaban J connectivity index is 2.04. The molecular weight excluding hydrogens is 240 g/mol. The number of hydrogen-bond donors (Lipinski definition) is 2. The minimum absolute atomic E-state index is 0.0353. The predicted octanol–water partition coefficient (Wildman–Crippen LogP) is 1.97. The van der Waals surface area contributed by atoms with Gasteiger partial charge in [-0.3, -0.25) is 4.98 Å². The largest absolute Gasteiger partial charge is 0.491 e. The number of nitrogens with zero attached hydrogens (tertiary/aromatic N) is 1. The molecule has 1 aromatic heterocycles. The molecule has 0 saturated heterocycles. The van der Waals surface area contributed by atoms with Crippen molar-refractivity contribution >= 4 is 10.9 Å². The minimum Gasteiger partial charge on any atom is -0.491 e. The first kappa shape index (κ1) is 13.8. The van der Waals surface area contributed by atoms with Crippen LogP contribution in [0.15, 0.2) is 36.5 Å². The van der Waals surface area contributed by atoms with Crippen molar-refractivity contribution in [3.63, 3.8) is 0 Å². The van der Waals surface area contributed by atoms with Gasteiger partial charge in [-0.25, -0.2) is 0 Å². The quantitative estimate of drug-likeness (QED) is 0.799. The van der Waals surface area contributed by atoms with Crippen LogP contribution in [0.25, 0.3) is 10.9 Å². The number of aliphatic hydroxyl groups is 1. The highest BCUT2D eigenvalue weighted by atomic mass is 16.5. The monoisotopic (exact) mass is 260 g/mol. The average Bonchev–Trinajstić information content (AvgIpc) is 2.47. The number of aromatic nitrogens is 1. The maximum atomic E-state index is 9.29. The molecule has 1 aromatic carbocycles. The van der Waals surface area contributed by atoms with E-state index in [0.29, 0.717) is 6.61 Å². The van der Waals surface area contributed by atoms with Gasteiger partial charge in [0.15, 0.2) is 0 Å². The molecule has 0 radical (unpaired) electrons. The van der Waals surface area contributed by atoms with E-state index in [9.17, 15) is 5.11 Å². The summed E-state index contributed by atoms with van der Waals surface area (Å²) in [5.41, 5.74) is 0.919. The van der Waals surface area contributed by atoms with E-state index in [1.807, 2.05) is 30.3 Å². The van der Waals surface area contributed by atoms with E-state index < -0.39 is 0 Å². The van der Waals surface area contributed by atoms with Gasteiger partial charge in [0.25, 0.3) is 0 Å². The summed E-state index contributed by atoms with van der Waals surface area (Å²) in [6.07, 6.45) is 2.81. The first-order valence-corrected chi connectivity index (χ1v) is 6.66. The van der Waals surface area contributed by atoms with Crippen molar-refractivity contribution in [3.05, 3.63) is 36.5 Å². The van der Waals surface area contributed by atoms with Gasteiger partial charge >= 0.3 is 0 Å². The first-order valence-electron chi connectivity index (χ1n) is 6.66. The Bertz CT molecular complexity index is 511. The Kier molecular flexibility index (Phi) is 5.12. The molecule has 2 rings (SSSR count). The van der Waals surface area contributed by atoms with Crippen LogP contribution in [0.1, 0.15) is 13.3 Å². The molecule has 1 atom stereocenters. The van der Waals surface area contributed by atoms with E-state index in [2.05, 4.69) is 17.2 Å². The van der Waals surface area contributed by atoms with Gasteiger partial charge in [0.2, 0.25) is 0 Å². The lowest BCUT2D eigenvalue weighted by molar-refractivity contribution is 0.184. The zero-order valence-corrected chi connectivity index (χ0v) is 11.2. The Morgan fingerprint density at radius 3 is 3.00 bits per heavy atom. The molecule has 19 heavy (non-hydrogen) atoms. The summed E-state index contributed by atoms with van der Waals surface area (Å²) >= 11 is 0. The van der Waals surface area contributed by atoms with E-state index >= 15 is 0 Å². The van der Waals surface area contributed by atoms with Crippen LogP contribution in [-0.4, -0.2) is 35.9 Å². The van der Waals surface area contributed by atoms with Crippen LogP contribution in [0, 0.1) is 0 Å². The maximum absolute atomic E-state index is 9.29. The van der Waals surface area contributed by atoms with Crippen molar-refractivity contribution in [2.24, 2.45) is 0 Å². The van der Waals surface area contributed by atoms with Crippen molar-refractivity contribution in [2.75, 3.05) is 19.8 Å². The lowest BCUT2D eigenvalue weighted by atomic mass is 10.2. The van der Waals surface area contributed by atoms with Gasteiger partial charge in [-0.2, -0.15) is 0 Å². The number of nitrogens with one attached hydrogen (secondary N) is 1. The van der Waals surface area contributed by atoms with Crippen molar-refractivity contribution < 1.29 is 9.84 Å². The van der Waals surface area contributed by atoms with E-state index in [1.54, 1.807) is 6.20 Å². The van der Waals surface area contributed by atoms with Gasteiger partial charge in [-0.05, 0) is 37.2 Å². The molecular formula is C15H20N2O2. The average molecular weight is 260 g/mol. The molecule has 1 heterocycles. The topological polar surface area (TPSA) is 54.4 Å². The molecule has 0 aliphatic carbocycles. The Hall–Kier alpha value is -1.65. The molecule has 1 unspecified atom stereocenters. The zero-order chi connectivity index (χ0) is 13.5. The van der Waals surface area contributed by atoms with Gasteiger partial charge in [-0.1, -0.05) is 13.0 Å². The van der Waals surface area contributed by atoms with Gasteiger partial charge in [0.05, 0.1) is 18.2 Å². The highest BCUT2D eigenvalue weighted by molar-refractivity contribution is 5.84. The van der Waals surface area contributed by atoms with E-state index in [-0.39, 0.29) is 12.6 Å². The molecule has 0 bridgehead atoms. The summed E-state index contributed by atoms with van der Waals surface area (Å²) in [4.78, 5) is 4.29. The van der Waals surface area contributed by atoms with Gasteiger partial charge in [0, 0.05) is 11.6 Å². The molecule has 4 nitrogen and oxygen atoms in total. The number of aliphatic hydroxyl groups excluding tert-OH is 1. The first-order chi connectivity index (χ1) is 9.35. The molecule has 2 N–H and O–H groups in total. The zero-order valence-electron chi connectivity index (χ0n) is 11.2. The van der Waals surface area contributed by atoms with E-state index in [4.69, 9.17) is 4.74 Å². The van der Waals surface area contributed by atoms with Gasteiger partial charge in [0.1, 0.15) is 12.4 Å². The fraction of sp³-hybridized carbons (Fsp3) is 0.400. The summed E-state index contributed by atoms with van der Waals surface area (Å²) in [5, 5.41) is 13.5. The van der Waals surface area contributed by atoms with Crippen LogP contribution < -0.4 is 10.1 Å². The van der Waals surface area contributed by atoms with E-state index in [1.165, 1.54) is 0 Å². The molecule has 0 amide bonds. The van der Waals surface area contributed by atoms with Crippen molar-refractivity contribution in [3.8, 4) is 5.75 Å². The summed E-state index contributed by atoms with van der Waals surface area (Å²) in [6.45, 7) is 3.50. The third-order valence-corrected chi connectivity index (χ3v) is 2.95. The third kappa shape index (κ3) is 3.66. The Labute approximate surface area is 113 Å². The summed E-state index contributed by atoms with van der Waals surface area (Å²) < 4.78 is 5.81. The van der Waals surface area contributed by atoms with Crippen LogP contribution in [-0.2, 0) is 0 Å². The Morgan fingerprint density at radius 2 is 2.21 bits per heavy atom. The molecule has 4 heteroatoms. The van der Waals surface area contributed by atoms with Crippen molar-refractivity contribution in [2.45, 2.75) is 19.4 Å². The molecule has 2 aromatic rings. The fourth-order valence-electron chi connectivity index (χ4n) is 1.92. The number of benzene rings is 1. The molecule has 0 aliphatic rings. The second-order valence-electron chi connectivity index (χ2n) is 4.47. The second-order valence-corrected chi connectivity index (χ2v) is 4.47. The lowest BCUT2D eigenvalue weighted by Gasteiger charge is -2.17. The normalized spacial score (nSPS) is 12.5. The van der Waals surface area contributed by atoms with Crippen LogP contribution in [0.3, 0.4) is 0 Å². The van der Waals surface area contributed by atoms with Crippen LogP contribution in [0.5, 0.6) is 5.75 Å². The standard InChI is InChI=1S/C15H20N2O2/c1-2-8-16-12(10-18)11-19-15-7-3-6-14-13(15)5-4-9-17-14/h3-7,9,12,16,18H,2,8,10-11H2,1H3. The summed E-state index contributed by atoms with van der Waals surface area (Å²) in [7, 11) is 0. The SMILES string of the molecule is CCCNC(CO)COc1cccc2ncccc12. The molecule has 0 aliphatic heterocycles. The number of fused-ring (bicyclic) bond motifs is 1. The van der Waals surface area contributed by atoms with E-state index in [0.717, 1.165) is 29.6 Å². The highest BCUT2D eigenvalue weighted by Crippen LogP contribution is 2.23. The highest BCUT2D eigenvalue weighted by Gasteiger charge is 2.08. The fourth-order valence-corrected chi connectivity index (χ4v) is 1.92. The lowest BCUT2D eigenvalue weighted by Crippen LogP contribution is -2.38. The number of rotatable bonds is 7. The van der Waals surface area contributed by atoms with Crippen LogP contribution in [0.2, 0.25) is 0 Å². The molecule has 102 valence electrons. The second kappa shape index (κ2) is 7.07.